The van der Waals surface area contributed by atoms with Crippen LogP contribution in [0.2, 0.25) is 0 Å². The van der Waals surface area contributed by atoms with E-state index in [1.165, 1.54) is 30.4 Å². The molecule has 0 bridgehead atoms. The van der Waals surface area contributed by atoms with Crippen molar-refractivity contribution in [3.63, 3.8) is 0 Å². The zero-order chi connectivity index (χ0) is 26.3. The van der Waals surface area contributed by atoms with E-state index < -0.39 is 5.97 Å². The van der Waals surface area contributed by atoms with Crippen LogP contribution in [0.15, 0.2) is 48.7 Å². The summed E-state index contributed by atoms with van der Waals surface area (Å²) in [6, 6.07) is 15.2. The lowest BCUT2D eigenvalue weighted by Crippen LogP contribution is -2.48. The molecule has 38 heavy (non-hydrogen) atoms. The van der Waals surface area contributed by atoms with Crippen LogP contribution in [-0.2, 0) is 4.79 Å². The first-order valence-electron chi connectivity index (χ1n) is 15.1. The summed E-state index contributed by atoms with van der Waals surface area (Å²) in [5, 5.41) is 10.0. The van der Waals surface area contributed by atoms with Gasteiger partial charge in [-0.25, -0.2) is 4.98 Å². The van der Waals surface area contributed by atoms with E-state index in [4.69, 9.17) is 4.98 Å². The lowest BCUT2D eigenvalue weighted by molar-refractivity contribution is -0.145. The Labute approximate surface area is 229 Å². The fourth-order valence-electron chi connectivity index (χ4n) is 7.26. The van der Waals surface area contributed by atoms with Crippen molar-refractivity contribution in [1.29, 1.82) is 0 Å². The summed E-state index contributed by atoms with van der Waals surface area (Å²) < 4.78 is 0. The molecule has 1 N–H and O–H groups in total. The van der Waals surface area contributed by atoms with Gasteiger partial charge in [-0.3, -0.25) is 9.69 Å². The molecule has 2 aromatic rings. The monoisotopic (exact) mass is 518 g/mol. The SMILES string of the molecule is CCCN(c1cc(-c2ccccc2)ccn1)C1CCN(CC2CCN(C(C(=O)O)C3CCCCC3)C2)CC1. The number of aromatic nitrogens is 1. The Morgan fingerprint density at radius 2 is 1.76 bits per heavy atom. The van der Waals surface area contributed by atoms with E-state index in [1.54, 1.807) is 0 Å². The van der Waals surface area contributed by atoms with E-state index >= 15 is 0 Å². The van der Waals surface area contributed by atoms with Gasteiger partial charge in [-0.05, 0) is 80.2 Å². The molecule has 0 spiro atoms. The van der Waals surface area contributed by atoms with Gasteiger partial charge in [-0.2, -0.15) is 0 Å². The predicted molar refractivity (Wildman–Crippen MR) is 154 cm³/mol. The van der Waals surface area contributed by atoms with Crippen LogP contribution in [0.4, 0.5) is 5.82 Å². The number of hydrogen-bond donors (Lipinski definition) is 1. The maximum absolute atomic E-state index is 12.2. The number of pyridine rings is 1. The Morgan fingerprint density at radius 3 is 2.47 bits per heavy atom. The topological polar surface area (TPSA) is 59.9 Å². The molecule has 6 nitrogen and oxygen atoms in total. The number of hydrogen-bond acceptors (Lipinski definition) is 5. The highest BCUT2D eigenvalue weighted by molar-refractivity contribution is 5.74. The molecule has 1 aromatic heterocycles. The molecule has 1 saturated carbocycles. The molecular weight excluding hydrogens is 472 g/mol. The van der Waals surface area contributed by atoms with Gasteiger partial charge >= 0.3 is 5.97 Å². The first kappa shape index (κ1) is 27.1. The fourth-order valence-corrected chi connectivity index (χ4v) is 7.26. The van der Waals surface area contributed by atoms with Crippen molar-refractivity contribution in [1.82, 2.24) is 14.8 Å². The smallest absolute Gasteiger partial charge is 0.321 e. The molecular formula is C32H46N4O2. The van der Waals surface area contributed by atoms with E-state index in [1.807, 2.05) is 6.20 Å². The van der Waals surface area contributed by atoms with Crippen molar-refractivity contribution in [2.45, 2.75) is 76.8 Å². The second-order valence-electron chi connectivity index (χ2n) is 11.8. The number of nitrogens with zero attached hydrogens (tertiary/aromatic N) is 4. The predicted octanol–water partition coefficient (Wildman–Crippen LogP) is 5.78. The highest BCUT2D eigenvalue weighted by Gasteiger charge is 2.38. The third kappa shape index (κ3) is 6.58. The molecule has 0 radical (unpaired) electrons. The Kier molecular flexibility index (Phi) is 9.34. The van der Waals surface area contributed by atoms with Gasteiger partial charge in [-0.15, -0.1) is 0 Å². The van der Waals surface area contributed by atoms with Gasteiger partial charge in [0.2, 0.25) is 0 Å². The third-order valence-corrected chi connectivity index (χ3v) is 9.19. The van der Waals surface area contributed by atoms with Gasteiger partial charge in [0.25, 0.3) is 0 Å². The standard InChI is InChI=1S/C32H46N4O2/c1-2-18-36(30-22-28(13-17-33-30)26-9-5-3-6-10-26)29-15-19-34(20-16-29)23-25-14-21-35(24-25)31(32(37)38)27-11-7-4-8-12-27/h3,5-6,9-10,13,17,22,25,27,29,31H,2,4,7-8,11-12,14-16,18-21,23-24H2,1H3,(H,37,38). The molecule has 1 aliphatic carbocycles. The van der Waals surface area contributed by atoms with Gasteiger partial charge in [0, 0.05) is 45.0 Å². The minimum atomic E-state index is -0.598. The van der Waals surface area contributed by atoms with E-state index in [9.17, 15) is 9.90 Å². The van der Waals surface area contributed by atoms with Crippen LogP contribution in [0, 0.1) is 11.8 Å². The molecule has 1 aromatic carbocycles. The van der Waals surface area contributed by atoms with Gasteiger partial charge in [0.15, 0.2) is 0 Å². The summed E-state index contributed by atoms with van der Waals surface area (Å²) in [7, 11) is 0. The number of likely N-dealkylation sites (tertiary alicyclic amines) is 2. The summed E-state index contributed by atoms with van der Waals surface area (Å²) in [5.74, 6) is 1.43. The molecule has 2 unspecified atom stereocenters. The first-order chi connectivity index (χ1) is 18.6. The Morgan fingerprint density at radius 1 is 1.00 bits per heavy atom. The van der Waals surface area contributed by atoms with Crippen LogP contribution in [0.3, 0.4) is 0 Å². The van der Waals surface area contributed by atoms with E-state index in [0.29, 0.717) is 17.9 Å². The quantitative estimate of drug-likeness (QED) is 0.430. The zero-order valence-corrected chi connectivity index (χ0v) is 23.2. The van der Waals surface area contributed by atoms with E-state index in [0.717, 1.165) is 83.6 Å². The molecule has 0 amide bonds. The molecule has 3 fully saturated rings. The summed E-state index contributed by atoms with van der Waals surface area (Å²) in [6.45, 7) is 8.52. The Hall–Kier alpha value is -2.44. The van der Waals surface area contributed by atoms with Crippen molar-refractivity contribution >= 4 is 11.8 Å². The van der Waals surface area contributed by atoms with Crippen LogP contribution in [0.1, 0.15) is 64.7 Å². The second-order valence-corrected chi connectivity index (χ2v) is 11.8. The number of carboxylic acid groups (broad SMARTS) is 1. The summed E-state index contributed by atoms with van der Waals surface area (Å²) in [6.07, 6.45) is 12.4. The number of piperidine rings is 1. The van der Waals surface area contributed by atoms with Gasteiger partial charge in [-0.1, -0.05) is 56.5 Å². The molecule has 2 atom stereocenters. The average molecular weight is 519 g/mol. The van der Waals surface area contributed by atoms with Crippen LogP contribution in [0.25, 0.3) is 11.1 Å². The Balaban J connectivity index is 1.15. The van der Waals surface area contributed by atoms with Crippen molar-refractivity contribution in [2.24, 2.45) is 11.8 Å². The minimum absolute atomic E-state index is 0.271. The van der Waals surface area contributed by atoms with Crippen molar-refractivity contribution < 1.29 is 9.90 Å². The van der Waals surface area contributed by atoms with Gasteiger partial charge in [0.05, 0.1) is 0 Å². The Bertz CT molecular complexity index is 1020. The van der Waals surface area contributed by atoms with Crippen LogP contribution in [0.5, 0.6) is 0 Å². The maximum atomic E-state index is 12.2. The van der Waals surface area contributed by atoms with Gasteiger partial charge < -0.3 is 14.9 Å². The number of benzene rings is 1. The summed E-state index contributed by atoms with van der Waals surface area (Å²) in [4.78, 5) is 24.5. The fraction of sp³-hybridized carbons (Fsp3) is 0.625. The van der Waals surface area contributed by atoms with Crippen molar-refractivity contribution in [2.75, 3.05) is 44.2 Å². The second kappa shape index (κ2) is 13.1. The highest BCUT2D eigenvalue weighted by atomic mass is 16.4. The molecule has 3 aliphatic rings. The minimum Gasteiger partial charge on any atom is -0.480 e. The molecule has 3 heterocycles. The largest absolute Gasteiger partial charge is 0.480 e. The molecule has 2 aliphatic heterocycles. The summed E-state index contributed by atoms with van der Waals surface area (Å²) >= 11 is 0. The third-order valence-electron chi connectivity index (χ3n) is 9.19. The van der Waals surface area contributed by atoms with Crippen LogP contribution >= 0.6 is 0 Å². The lowest BCUT2D eigenvalue weighted by Gasteiger charge is -2.40. The lowest BCUT2D eigenvalue weighted by atomic mass is 9.83. The molecule has 6 heteroatoms. The van der Waals surface area contributed by atoms with E-state index in [2.05, 4.69) is 64.1 Å². The first-order valence-corrected chi connectivity index (χ1v) is 15.1. The molecule has 206 valence electrons. The van der Waals surface area contributed by atoms with Gasteiger partial charge in [0.1, 0.15) is 11.9 Å². The van der Waals surface area contributed by atoms with Crippen molar-refractivity contribution in [3.05, 3.63) is 48.7 Å². The van der Waals surface area contributed by atoms with Crippen LogP contribution in [-0.4, -0.2) is 77.2 Å². The highest BCUT2D eigenvalue weighted by Crippen LogP contribution is 2.33. The zero-order valence-electron chi connectivity index (χ0n) is 23.2. The van der Waals surface area contributed by atoms with E-state index in [-0.39, 0.29) is 6.04 Å². The van der Waals surface area contributed by atoms with Crippen molar-refractivity contribution in [3.8, 4) is 11.1 Å². The molecule has 2 saturated heterocycles. The number of anilines is 1. The normalized spacial score (nSPS) is 22.9. The number of carbonyl (C=O) groups is 1. The number of carboxylic acids is 1. The molecule has 5 rings (SSSR count). The number of aliphatic carboxylic acids is 1. The summed E-state index contributed by atoms with van der Waals surface area (Å²) in [5.41, 5.74) is 2.47. The number of rotatable bonds is 10. The average Bonchev–Trinajstić information content (AvgIpc) is 3.41. The maximum Gasteiger partial charge on any atom is 0.321 e. The van der Waals surface area contributed by atoms with Crippen LogP contribution < -0.4 is 4.90 Å².